The van der Waals surface area contributed by atoms with Crippen LogP contribution in [0.2, 0.25) is 0 Å². The highest BCUT2D eigenvalue weighted by Crippen LogP contribution is 2.30. The van der Waals surface area contributed by atoms with Crippen LogP contribution in [0, 0.1) is 19.7 Å². The summed E-state index contributed by atoms with van der Waals surface area (Å²) in [6.07, 6.45) is 0. The van der Waals surface area contributed by atoms with Gasteiger partial charge in [-0.3, -0.25) is 4.79 Å². The molecule has 176 valence electrons. The number of halogens is 1. The molecule has 33 heavy (non-hydrogen) atoms. The first-order chi connectivity index (χ1) is 15.6. The van der Waals surface area contributed by atoms with Crippen LogP contribution in [0.4, 0.5) is 10.1 Å². The molecule has 0 aliphatic heterocycles. The maximum Gasteiger partial charge on any atom is 0.258 e. The lowest BCUT2D eigenvalue weighted by Gasteiger charge is -2.20. The van der Waals surface area contributed by atoms with Gasteiger partial charge in [0.05, 0.1) is 39.7 Å². The quantitative estimate of drug-likeness (QED) is 0.528. The summed E-state index contributed by atoms with van der Waals surface area (Å²) in [6.45, 7) is 9.69. The van der Waals surface area contributed by atoms with Crippen molar-refractivity contribution in [2.45, 2.75) is 39.5 Å². The molecule has 0 fully saturated rings. The van der Waals surface area contributed by atoms with Crippen LogP contribution < -0.4 is 10.1 Å². The zero-order chi connectivity index (χ0) is 24.3. The molecular weight excluding hydrogens is 447 g/mol. The molecule has 0 bridgehead atoms. The van der Waals surface area contributed by atoms with Gasteiger partial charge in [0.15, 0.2) is 0 Å². The highest BCUT2D eigenvalue weighted by Gasteiger charge is 2.24. The van der Waals surface area contributed by atoms with Crippen molar-refractivity contribution in [3.05, 3.63) is 53.1 Å². The number of aryl methyl sites for hydroxylation is 2. The zero-order valence-electron chi connectivity index (χ0n) is 19.3. The smallest absolute Gasteiger partial charge is 0.258 e. The van der Waals surface area contributed by atoms with Crippen LogP contribution in [0.25, 0.3) is 11.0 Å². The van der Waals surface area contributed by atoms with E-state index in [-0.39, 0.29) is 27.2 Å². The first-order valence-corrected chi connectivity index (χ1v) is 12.1. The van der Waals surface area contributed by atoms with Crippen molar-refractivity contribution in [3.63, 3.8) is 0 Å². The summed E-state index contributed by atoms with van der Waals surface area (Å²) in [7, 11) is -3.76. The van der Waals surface area contributed by atoms with Crippen LogP contribution in [-0.4, -0.2) is 48.3 Å². The predicted molar refractivity (Wildman–Crippen MR) is 125 cm³/mol. The molecule has 2 aromatic carbocycles. The summed E-state index contributed by atoms with van der Waals surface area (Å²) in [6, 6.07) is 6.57. The van der Waals surface area contributed by atoms with E-state index in [0.29, 0.717) is 36.8 Å². The number of hydrogen-bond acceptors (Lipinski definition) is 6. The van der Waals surface area contributed by atoms with Crippen molar-refractivity contribution in [1.82, 2.24) is 14.3 Å². The Kier molecular flexibility index (Phi) is 7.28. The normalized spacial score (nSPS) is 11.7. The van der Waals surface area contributed by atoms with Crippen molar-refractivity contribution in [1.29, 1.82) is 0 Å². The van der Waals surface area contributed by atoms with Gasteiger partial charge in [-0.05, 0) is 45.0 Å². The maximum atomic E-state index is 14.3. The van der Waals surface area contributed by atoms with E-state index in [1.54, 1.807) is 34.6 Å². The van der Waals surface area contributed by atoms with Crippen molar-refractivity contribution in [2.24, 2.45) is 0 Å². The van der Waals surface area contributed by atoms with Gasteiger partial charge >= 0.3 is 0 Å². The first kappa shape index (κ1) is 24.5. The average molecular weight is 475 g/mol. The third-order valence-corrected chi connectivity index (χ3v) is 7.28. The van der Waals surface area contributed by atoms with Gasteiger partial charge in [-0.25, -0.2) is 22.8 Å². The fraction of sp³-hybridized carbons (Fsp3) is 0.348. The Morgan fingerprint density at radius 3 is 2.36 bits per heavy atom. The molecule has 1 N–H and O–H groups in total. The second-order valence-corrected chi connectivity index (χ2v) is 9.29. The minimum atomic E-state index is -3.76. The molecule has 3 aromatic rings. The highest BCUT2D eigenvalue weighted by molar-refractivity contribution is 7.89. The number of ether oxygens (including phenoxy) is 1. The lowest BCUT2D eigenvalue weighted by molar-refractivity contribution is 0.102. The number of hydrogen-bond donors (Lipinski definition) is 1. The summed E-state index contributed by atoms with van der Waals surface area (Å²) in [5, 5.41) is 2.67. The second-order valence-electron chi connectivity index (χ2n) is 7.35. The lowest BCUT2D eigenvalue weighted by Crippen LogP contribution is -2.30. The number of fused-ring (bicyclic) bond motifs is 1. The van der Waals surface area contributed by atoms with E-state index in [0.717, 1.165) is 6.07 Å². The Hall–Kier alpha value is -3.11. The van der Waals surface area contributed by atoms with Crippen LogP contribution in [0.5, 0.6) is 5.75 Å². The number of rotatable bonds is 8. The zero-order valence-corrected chi connectivity index (χ0v) is 20.1. The molecule has 8 nitrogen and oxygen atoms in total. The van der Waals surface area contributed by atoms with Gasteiger partial charge in [0.25, 0.3) is 5.91 Å². The molecule has 1 heterocycles. The third kappa shape index (κ3) is 4.96. The van der Waals surface area contributed by atoms with E-state index in [4.69, 9.17) is 4.74 Å². The molecule has 0 aliphatic carbocycles. The van der Waals surface area contributed by atoms with E-state index in [1.165, 1.54) is 28.6 Å². The van der Waals surface area contributed by atoms with Crippen LogP contribution in [0.3, 0.4) is 0 Å². The number of benzene rings is 2. The Bertz CT molecular complexity index is 1310. The lowest BCUT2D eigenvalue weighted by atomic mass is 10.1. The van der Waals surface area contributed by atoms with Gasteiger partial charge in [0.1, 0.15) is 17.1 Å². The summed E-state index contributed by atoms with van der Waals surface area (Å²) >= 11 is 0. The number of nitrogens with one attached hydrogen (secondary N) is 1. The van der Waals surface area contributed by atoms with Gasteiger partial charge in [0, 0.05) is 19.2 Å². The summed E-state index contributed by atoms with van der Waals surface area (Å²) in [4.78, 5) is 21.9. The van der Waals surface area contributed by atoms with Crippen LogP contribution in [0.15, 0.2) is 35.2 Å². The van der Waals surface area contributed by atoms with E-state index < -0.39 is 21.7 Å². The third-order valence-electron chi connectivity index (χ3n) is 5.23. The molecule has 0 spiro atoms. The van der Waals surface area contributed by atoms with E-state index in [2.05, 4.69) is 15.3 Å². The minimum Gasteiger partial charge on any atom is -0.492 e. The van der Waals surface area contributed by atoms with Crippen molar-refractivity contribution in [2.75, 3.05) is 25.0 Å². The molecular formula is C23H27FN4O4S. The summed E-state index contributed by atoms with van der Waals surface area (Å²) in [5.74, 6) is -0.994. The van der Waals surface area contributed by atoms with Gasteiger partial charge < -0.3 is 10.1 Å². The van der Waals surface area contributed by atoms with Gasteiger partial charge in [0.2, 0.25) is 10.0 Å². The van der Waals surface area contributed by atoms with E-state index >= 15 is 0 Å². The number of nitrogens with zero attached hydrogens (tertiary/aromatic N) is 3. The number of sulfonamides is 1. The molecule has 3 rings (SSSR count). The number of amides is 1. The Morgan fingerprint density at radius 1 is 1.06 bits per heavy atom. The van der Waals surface area contributed by atoms with Crippen molar-refractivity contribution < 1.29 is 22.3 Å². The van der Waals surface area contributed by atoms with E-state index in [9.17, 15) is 17.6 Å². The van der Waals surface area contributed by atoms with Crippen LogP contribution >= 0.6 is 0 Å². The molecule has 0 aliphatic rings. The molecule has 0 saturated heterocycles. The molecule has 0 radical (unpaired) electrons. The SMILES string of the molecule is CCOc1ccc(S(=O)(=O)N(CC)CC)cc1NC(=O)c1cc(F)cc2nc(C)c(C)nc12. The predicted octanol–water partition coefficient (Wildman–Crippen LogP) is 4.07. The Labute approximate surface area is 192 Å². The van der Waals surface area contributed by atoms with Crippen LogP contribution in [0.1, 0.15) is 42.5 Å². The number of anilines is 1. The fourth-order valence-corrected chi connectivity index (χ4v) is 4.91. The molecule has 0 atom stereocenters. The molecule has 0 unspecified atom stereocenters. The summed E-state index contributed by atoms with van der Waals surface area (Å²) < 4.78 is 47.1. The number of carbonyl (C=O) groups is 1. The van der Waals surface area contributed by atoms with E-state index in [1.807, 2.05) is 0 Å². The van der Waals surface area contributed by atoms with Gasteiger partial charge in [-0.1, -0.05) is 13.8 Å². The largest absolute Gasteiger partial charge is 0.492 e. The standard InChI is InChI=1S/C23H27FN4O4S/c1-6-28(7-2)33(30,31)17-9-10-21(32-8-3)19(13-17)27-23(29)18-11-16(24)12-20-22(18)26-15(5)14(4)25-20/h9-13H,6-8H2,1-5H3,(H,27,29). The monoisotopic (exact) mass is 474 g/mol. The number of aromatic nitrogens is 2. The molecule has 0 saturated carbocycles. The minimum absolute atomic E-state index is 0.0138. The molecule has 10 heteroatoms. The average Bonchev–Trinajstić information content (AvgIpc) is 2.76. The van der Waals surface area contributed by atoms with Crippen molar-refractivity contribution in [3.8, 4) is 5.75 Å². The Balaban J connectivity index is 2.09. The topological polar surface area (TPSA) is 101 Å². The Morgan fingerprint density at radius 2 is 1.73 bits per heavy atom. The first-order valence-electron chi connectivity index (χ1n) is 10.6. The summed E-state index contributed by atoms with van der Waals surface area (Å²) in [5.41, 5.74) is 1.90. The maximum absolute atomic E-state index is 14.3. The van der Waals surface area contributed by atoms with Crippen molar-refractivity contribution >= 4 is 32.7 Å². The second kappa shape index (κ2) is 9.80. The number of carbonyl (C=O) groups excluding carboxylic acids is 1. The fourth-order valence-electron chi connectivity index (χ4n) is 3.42. The van der Waals surface area contributed by atoms with Gasteiger partial charge in [-0.15, -0.1) is 0 Å². The van der Waals surface area contributed by atoms with Crippen LogP contribution in [-0.2, 0) is 10.0 Å². The van der Waals surface area contributed by atoms with Gasteiger partial charge in [-0.2, -0.15) is 4.31 Å². The molecule has 1 aromatic heterocycles. The molecule has 1 amide bonds. The highest BCUT2D eigenvalue weighted by atomic mass is 32.2.